The number of H-pyrrole nitrogens is 1. The number of aromatic amines is 1. The van der Waals surface area contributed by atoms with Crippen LogP contribution in [0.5, 0.6) is 0 Å². The van der Waals surface area contributed by atoms with Crippen LogP contribution in [0.2, 0.25) is 0 Å². The number of thioether (sulfide) groups is 1. The van der Waals surface area contributed by atoms with Crippen LogP contribution in [0, 0.1) is 0 Å². The van der Waals surface area contributed by atoms with Crippen molar-refractivity contribution in [3.05, 3.63) is 18.3 Å². The van der Waals surface area contributed by atoms with Crippen LogP contribution in [-0.2, 0) is 0 Å². The standard InChI is InChI=1S/C9H10N4S/c1-2-7(14-3-1)9-12-6-4-10-5-11-8(6)13-9/h4-5,7H,1-3H2,(H,10,11,12,13). The number of aromatic nitrogens is 4. The quantitative estimate of drug-likeness (QED) is 0.774. The van der Waals surface area contributed by atoms with Gasteiger partial charge in [0.05, 0.1) is 11.4 Å². The van der Waals surface area contributed by atoms with Gasteiger partial charge < -0.3 is 4.98 Å². The van der Waals surface area contributed by atoms with Gasteiger partial charge in [-0.15, -0.1) is 0 Å². The highest BCUT2D eigenvalue weighted by Gasteiger charge is 2.20. The summed E-state index contributed by atoms with van der Waals surface area (Å²) in [6, 6.07) is 0. The average molecular weight is 206 g/mol. The molecule has 1 aliphatic heterocycles. The Kier molecular flexibility index (Phi) is 1.90. The lowest BCUT2D eigenvalue weighted by molar-refractivity contribution is 0.792. The summed E-state index contributed by atoms with van der Waals surface area (Å²) in [4.78, 5) is 15.8. The van der Waals surface area contributed by atoms with Gasteiger partial charge >= 0.3 is 0 Å². The molecule has 0 bridgehead atoms. The van der Waals surface area contributed by atoms with Gasteiger partial charge in [0, 0.05) is 0 Å². The fourth-order valence-electron chi connectivity index (χ4n) is 1.73. The number of hydrogen-bond donors (Lipinski definition) is 1. The molecule has 1 aliphatic rings. The predicted molar refractivity (Wildman–Crippen MR) is 56.1 cm³/mol. The second-order valence-electron chi connectivity index (χ2n) is 3.38. The van der Waals surface area contributed by atoms with Crippen molar-refractivity contribution >= 4 is 22.9 Å². The molecule has 0 amide bonds. The van der Waals surface area contributed by atoms with Crippen molar-refractivity contribution in [3.8, 4) is 0 Å². The number of fused-ring (bicyclic) bond motifs is 1. The van der Waals surface area contributed by atoms with Crippen LogP contribution in [0.25, 0.3) is 11.2 Å². The van der Waals surface area contributed by atoms with Gasteiger partial charge in [-0.05, 0) is 18.6 Å². The van der Waals surface area contributed by atoms with E-state index in [0.717, 1.165) is 17.0 Å². The van der Waals surface area contributed by atoms with Crippen molar-refractivity contribution in [2.24, 2.45) is 0 Å². The van der Waals surface area contributed by atoms with E-state index in [1.807, 2.05) is 11.8 Å². The molecule has 3 heterocycles. The summed E-state index contributed by atoms with van der Waals surface area (Å²) < 4.78 is 0. The molecule has 1 N–H and O–H groups in total. The molecule has 2 aromatic rings. The molecule has 0 spiro atoms. The molecule has 3 rings (SSSR count). The normalized spacial score (nSPS) is 21.9. The number of nitrogens with one attached hydrogen (secondary N) is 1. The van der Waals surface area contributed by atoms with Crippen molar-refractivity contribution in [2.45, 2.75) is 18.1 Å². The van der Waals surface area contributed by atoms with E-state index in [9.17, 15) is 0 Å². The van der Waals surface area contributed by atoms with Crippen LogP contribution in [-0.4, -0.2) is 25.7 Å². The maximum Gasteiger partial charge on any atom is 0.180 e. The molecule has 14 heavy (non-hydrogen) atoms. The molecule has 5 heteroatoms. The number of nitrogens with zero attached hydrogens (tertiary/aromatic N) is 3. The molecule has 72 valence electrons. The molecule has 0 aliphatic carbocycles. The monoisotopic (exact) mass is 206 g/mol. The number of rotatable bonds is 1. The predicted octanol–water partition coefficient (Wildman–Crippen LogP) is 1.92. The largest absolute Gasteiger partial charge is 0.338 e. The topological polar surface area (TPSA) is 54.5 Å². The molecule has 1 unspecified atom stereocenters. The van der Waals surface area contributed by atoms with E-state index in [0.29, 0.717) is 5.25 Å². The Morgan fingerprint density at radius 2 is 2.50 bits per heavy atom. The van der Waals surface area contributed by atoms with Crippen LogP contribution >= 0.6 is 11.8 Å². The van der Waals surface area contributed by atoms with Gasteiger partial charge in [-0.1, -0.05) is 0 Å². The van der Waals surface area contributed by atoms with Gasteiger partial charge in [-0.25, -0.2) is 15.0 Å². The maximum absolute atomic E-state index is 4.47. The summed E-state index contributed by atoms with van der Waals surface area (Å²) in [5.41, 5.74) is 1.72. The van der Waals surface area contributed by atoms with Gasteiger partial charge in [0.1, 0.15) is 17.7 Å². The fraction of sp³-hybridized carbons (Fsp3) is 0.444. The lowest BCUT2D eigenvalue weighted by Crippen LogP contribution is -1.90. The lowest BCUT2D eigenvalue weighted by atomic mass is 10.2. The zero-order valence-electron chi connectivity index (χ0n) is 7.60. The Morgan fingerprint density at radius 1 is 1.50 bits per heavy atom. The lowest BCUT2D eigenvalue weighted by Gasteiger charge is -2.01. The highest BCUT2D eigenvalue weighted by atomic mass is 32.2. The SMILES string of the molecule is c1ncc2[nH]c(C3CCCS3)nc2n1. The van der Waals surface area contributed by atoms with E-state index in [-0.39, 0.29) is 0 Å². The third kappa shape index (κ3) is 1.28. The van der Waals surface area contributed by atoms with Gasteiger partial charge in [-0.3, -0.25) is 0 Å². The van der Waals surface area contributed by atoms with E-state index in [4.69, 9.17) is 0 Å². The van der Waals surface area contributed by atoms with Crippen molar-refractivity contribution < 1.29 is 0 Å². The van der Waals surface area contributed by atoms with Crippen molar-refractivity contribution in [3.63, 3.8) is 0 Å². The second-order valence-corrected chi connectivity index (χ2v) is 4.69. The molecule has 0 radical (unpaired) electrons. The van der Waals surface area contributed by atoms with E-state index in [2.05, 4.69) is 19.9 Å². The summed E-state index contributed by atoms with van der Waals surface area (Å²) in [7, 11) is 0. The molecular formula is C9H10N4S. The first-order valence-electron chi connectivity index (χ1n) is 4.71. The highest BCUT2D eigenvalue weighted by Crippen LogP contribution is 2.38. The molecular weight excluding hydrogens is 196 g/mol. The molecule has 1 saturated heterocycles. The van der Waals surface area contributed by atoms with Crippen molar-refractivity contribution in [1.29, 1.82) is 0 Å². The molecule has 2 aromatic heterocycles. The van der Waals surface area contributed by atoms with Crippen LogP contribution in [0.3, 0.4) is 0 Å². The van der Waals surface area contributed by atoms with Gasteiger partial charge in [0.25, 0.3) is 0 Å². The molecule has 0 saturated carbocycles. The van der Waals surface area contributed by atoms with Gasteiger partial charge in [-0.2, -0.15) is 11.8 Å². The van der Waals surface area contributed by atoms with Gasteiger partial charge in [0.2, 0.25) is 0 Å². The Morgan fingerprint density at radius 3 is 3.29 bits per heavy atom. The minimum absolute atomic E-state index is 0.532. The van der Waals surface area contributed by atoms with Crippen LogP contribution < -0.4 is 0 Å². The Bertz CT molecular complexity index is 414. The van der Waals surface area contributed by atoms with E-state index >= 15 is 0 Å². The molecule has 1 atom stereocenters. The first-order valence-corrected chi connectivity index (χ1v) is 5.75. The zero-order valence-corrected chi connectivity index (χ0v) is 8.42. The Hall–Kier alpha value is -1.10. The first kappa shape index (κ1) is 8.23. The average Bonchev–Trinajstić information content (AvgIpc) is 2.86. The van der Waals surface area contributed by atoms with E-state index < -0.39 is 0 Å². The van der Waals surface area contributed by atoms with Crippen molar-refractivity contribution in [2.75, 3.05) is 5.75 Å². The number of hydrogen-bond acceptors (Lipinski definition) is 4. The maximum atomic E-state index is 4.47. The van der Waals surface area contributed by atoms with Crippen molar-refractivity contribution in [1.82, 2.24) is 19.9 Å². The molecule has 4 nitrogen and oxygen atoms in total. The summed E-state index contributed by atoms with van der Waals surface area (Å²) in [6.07, 6.45) is 5.82. The summed E-state index contributed by atoms with van der Waals surface area (Å²) in [5, 5.41) is 0.532. The minimum Gasteiger partial charge on any atom is -0.338 e. The summed E-state index contributed by atoms with van der Waals surface area (Å²) >= 11 is 1.97. The second kappa shape index (κ2) is 3.24. The van der Waals surface area contributed by atoms with Crippen LogP contribution in [0.15, 0.2) is 12.5 Å². The third-order valence-electron chi connectivity index (χ3n) is 2.41. The van der Waals surface area contributed by atoms with Gasteiger partial charge in [0.15, 0.2) is 5.65 Å². The molecule has 0 aromatic carbocycles. The summed E-state index contributed by atoms with van der Waals surface area (Å²) in [6.45, 7) is 0. The van der Waals surface area contributed by atoms with E-state index in [1.54, 1.807) is 6.20 Å². The first-order chi connectivity index (χ1) is 6.93. The third-order valence-corrected chi connectivity index (χ3v) is 3.80. The van der Waals surface area contributed by atoms with Crippen LogP contribution in [0.1, 0.15) is 23.9 Å². The van der Waals surface area contributed by atoms with E-state index in [1.165, 1.54) is 24.9 Å². The molecule has 1 fully saturated rings. The highest BCUT2D eigenvalue weighted by molar-refractivity contribution is 7.99. The number of imidazole rings is 1. The zero-order chi connectivity index (χ0) is 9.38. The van der Waals surface area contributed by atoms with Crippen LogP contribution in [0.4, 0.5) is 0 Å². The Balaban J connectivity index is 2.05. The smallest absolute Gasteiger partial charge is 0.180 e. The minimum atomic E-state index is 0.532. The summed E-state index contributed by atoms with van der Waals surface area (Å²) in [5.74, 6) is 2.30. The Labute approximate surface area is 85.6 Å². The fourth-order valence-corrected chi connectivity index (χ4v) is 2.95.